The SMILES string of the molecule is O=C(Nc1cncc(-c2cc3c(-c4nc5c(-c6cccc(F)c6)cncc5[nH]4)n[nH]c3cn2)c1)C1CCCC1. The van der Waals surface area contributed by atoms with Crippen LogP contribution in [0, 0.1) is 11.7 Å². The number of aromatic amines is 2. The molecule has 1 saturated carbocycles. The minimum Gasteiger partial charge on any atom is -0.335 e. The molecular weight excluding hydrogens is 495 g/mol. The summed E-state index contributed by atoms with van der Waals surface area (Å²) in [5.41, 5.74) is 6.27. The number of halogens is 1. The molecule has 3 N–H and O–H groups in total. The second-order valence-corrected chi connectivity index (χ2v) is 9.80. The summed E-state index contributed by atoms with van der Waals surface area (Å²) < 4.78 is 13.9. The lowest BCUT2D eigenvalue weighted by Crippen LogP contribution is -2.20. The smallest absolute Gasteiger partial charge is 0.227 e. The summed E-state index contributed by atoms with van der Waals surface area (Å²) in [6.07, 6.45) is 12.5. The van der Waals surface area contributed by atoms with E-state index >= 15 is 0 Å². The van der Waals surface area contributed by atoms with Crippen LogP contribution in [0.5, 0.6) is 0 Å². The van der Waals surface area contributed by atoms with Gasteiger partial charge in [0.05, 0.1) is 46.5 Å². The highest BCUT2D eigenvalue weighted by Crippen LogP contribution is 2.33. The molecule has 0 spiro atoms. The van der Waals surface area contributed by atoms with Gasteiger partial charge >= 0.3 is 0 Å². The van der Waals surface area contributed by atoms with Crippen molar-refractivity contribution in [1.82, 2.24) is 35.1 Å². The molecule has 5 heterocycles. The van der Waals surface area contributed by atoms with E-state index in [-0.39, 0.29) is 17.6 Å². The third-order valence-corrected chi connectivity index (χ3v) is 7.23. The van der Waals surface area contributed by atoms with Crippen LogP contribution in [0.4, 0.5) is 10.1 Å². The third kappa shape index (κ3) is 4.29. The molecule has 0 unspecified atom stereocenters. The van der Waals surface area contributed by atoms with E-state index < -0.39 is 0 Å². The van der Waals surface area contributed by atoms with E-state index in [1.54, 1.807) is 37.1 Å². The molecule has 0 radical (unpaired) electrons. The van der Waals surface area contributed by atoms with Gasteiger partial charge in [-0.2, -0.15) is 5.10 Å². The molecule has 192 valence electrons. The number of nitrogens with one attached hydrogen (secondary N) is 3. The molecule has 9 nitrogen and oxygen atoms in total. The quantitative estimate of drug-likeness (QED) is 0.261. The van der Waals surface area contributed by atoms with E-state index in [0.29, 0.717) is 39.5 Å². The lowest BCUT2D eigenvalue weighted by Gasteiger charge is -2.11. The molecule has 7 rings (SSSR count). The van der Waals surface area contributed by atoms with Crippen LogP contribution in [-0.2, 0) is 4.79 Å². The molecule has 0 atom stereocenters. The highest BCUT2D eigenvalue weighted by molar-refractivity contribution is 5.97. The van der Waals surface area contributed by atoms with Crippen molar-refractivity contribution in [1.29, 1.82) is 0 Å². The van der Waals surface area contributed by atoms with Crippen molar-refractivity contribution in [2.24, 2.45) is 5.92 Å². The first-order valence-electron chi connectivity index (χ1n) is 12.8. The van der Waals surface area contributed by atoms with Crippen LogP contribution < -0.4 is 5.32 Å². The molecule has 1 aromatic carbocycles. The van der Waals surface area contributed by atoms with Crippen LogP contribution in [0.25, 0.3) is 55.8 Å². The van der Waals surface area contributed by atoms with E-state index in [1.165, 1.54) is 12.1 Å². The molecule has 6 aromatic rings. The van der Waals surface area contributed by atoms with Crippen LogP contribution >= 0.6 is 0 Å². The number of aromatic nitrogens is 7. The molecule has 1 aliphatic carbocycles. The van der Waals surface area contributed by atoms with Crippen molar-refractivity contribution in [2.75, 3.05) is 5.32 Å². The Hall–Kier alpha value is -4.99. The number of hydrogen-bond donors (Lipinski definition) is 3. The summed E-state index contributed by atoms with van der Waals surface area (Å²) in [4.78, 5) is 34.0. The number of H-pyrrole nitrogens is 2. The maximum absolute atomic E-state index is 13.9. The van der Waals surface area contributed by atoms with E-state index in [0.717, 1.165) is 47.7 Å². The standard InChI is InChI=1S/C29H23FN8O/c30-19-7-3-6-17(8-19)22-13-32-14-25-26(22)36-28(35-25)27-21-10-23(33-15-24(21)37-38-27)18-9-20(12-31-11-18)34-29(39)16-4-1-2-5-16/h3,6-16H,1-2,4-5H2,(H,34,39)(H,35,36)(H,37,38). The first-order chi connectivity index (χ1) is 19.1. The summed E-state index contributed by atoms with van der Waals surface area (Å²) in [5, 5.41) is 11.4. The minimum atomic E-state index is -0.324. The topological polar surface area (TPSA) is 125 Å². The number of nitrogens with zero attached hydrogens (tertiary/aromatic N) is 5. The zero-order valence-corrected chi connectivity index (χ0v) is 20.8. The van der Waals surface area contributed by atoms with Gasteiger partial charge in [-0.1, -0.05) is 25.0 Å². The van der Waals surface area contributed by atoms with Gasteiger partial charge in [0.25, 0.3) is 0 Å². The van der Waals surface area contributed by atoms with Gasteiger partial charge in [0.2, 0.25) is 5.91 Å². The molecule has 39 heavy (non-hydrogen) atoms. The molecule has 10 heteroatoms. The Kier molecular flexibility index (Phi) is 5.58. The normalized spacial score (nSPS) is 13.9. The predicted molar refractivity (Wildman–Crippen MR) is 146 cm³/mol. The Morgan fingerprint density at radius 2 is 1.82 bits per heavy atom. The monoisotopic (exact) mass is 518 g/mol. The fourth-order valence-corrected chi connectivity index (χ4v) is 5.25. The molecule has 0 aliphatic heterocycles. The van der Waals surface area contributed by atoms with Gasteiger partial charge in [-0.05, 0) is 42.7 Å². The van der Waals surface area contributed by atoms with Crippen molar-refractivity contribution in [2.45, 2.75) is 25.7 Å². The molecule has 5 aromatic heterocycles. The first-order valence-corrected chi connectivity index (χ1v) is 12.8. The number of carbonyl (C=O) groups is 1. The van der Waals surface area contributed by atoms with E-state index in [4.69, 9.17) is 4.98 Å². The van der Waals surface area contributed by atoms with Crippen LogP contribution in [-0.4, -0.2) is 41.0 Å². The largest absolute Gasteiger partial charge is 0.335 e. The van der Waals surface area contributed by atoms with Gasteiger partial charge in [-0.25, -0.2) is 9.37 Å². The molecule has 1 aliphatic rings. The fraction of sp³-hybridized carbons (Fsp3) is 0.172. The highest BCUT2D eigenvalue weighted by Gasteiger charge is 2.23. The van der Waals surface area contributed by atoms with Crippen molar-refractivity contribution in [3.8, 4) is 33.9 Å². The van der Waals surface area contributed by atoms with Gasteiger partial charge in [0, 0.05) is 34.8 Å². The highest BCUT2D eigenvalue weighted by atomic mass is 19.1. The summed E-state index contributed by atoms with van der Waals surface area (Å²) in [7, 11) is 0. The molecular formula is C29H23FN8O. The van der Waals surface area contributed by atoms with Crippen molar-refractivity contribution < 1.29 is 9.18 Å². The molecule has 1 amide bonds. The second kappa shape index (κ2) is 9.39. The lowest BCUT2D eigenvalue weighted by atomic mass is 10.1. The Bertz CT molecular complexity index is 1850. The number of benzene rings is 1. The predicted octanol–water partition coefficient (Wildman–Crippen LogP) is 5.89. The van der Waals surface area contributed by atoms with Crippen LogP contribution in [0.1, 0.15) is 25.7 Å². The Labute approximate surface area is 222 Å². The van der Waals surface area contributed by atoms with E-state index in [2.05, 4.69) is 35.5 Å². The number of anilines is 1. The van der Waals surface area contributed by atoms with Gasteiger partial charge < -0.3 is 10.3 Å². The average molecular weight is 519 g/mol. The summed E-state index contributed by atoms with van der Waals surface area (Å²) in [6.45, 7) is 0. The Morgan fingerprint density at radius 1 is 0.949 bits per heavy atom. The van der Waals surface area contributed by atoms with Gasteiger partial charge in [-0.15, -0.1) is 0 Å². The molecule has 1 fully saturated rings. The third-order valence-electron chi connectivity index (χ3n) is 7.23. The second-order valence-electron chi connectivity index (χ2n) is 9.80. The zero-order valence-electron chi connectivity index (χ0n) is 20.8. The number of pyridine rings is 3. The average Bonchev–Trinajstić information content (AvgIpc) is 3.72. The van der Waals surface area contributed by atoms with Gasteiger partial charge in [0.1, 0.15) is 11.5 Å². The summed E-state index contributed by atoms with van der Waals surface area (Å²) in [5.74, 6) is 0.339. The Morgan fingerprint density at radius 3 is 2.69 bits per heavy atom. The lowest BCUT2D eigenvalue weighted by molar-refractivity contribution is -0.119. The van der Waals surface area contributed by atoms with Gasteiger partial charge in [-0.3, -0.25) is 24.8 Å². The number of rotatable bonds is 5. The summed E-state index contributed by atoms with van der Waals surface area (Å²) in [6, 6.07) is 10.2. The maximum Gasteiger partial charge on any atom is 0.227 e. The first kappa shape index (κ1) is 23.2. The zero-order chi connectivity index (χ0) is 26.3. The Balaban J connectivity index is 1.25. The van der Waals surface area contributed by atoms with Crippen molar-refractivity contribution in [3.05, 3.63) is 73.2 Å². The minimum absolute atomic E-state index is 0.0453. The van der Waals surface area contributed by atoms with Gasteiger partial charge in [0.15, 0.2) is 5.82 Å². The summed E-state index contributed by atoms with van der Waals surface area (Å²) >= 11 is 0. The maximum atomic E-state index is 13.9. The van der Waals surface area contributed by atoms with E-state index in [1.807, 2.05) is 18.2 Å². The number of amides is 1. The number of fused-ring (bicyclic) bond motifs is 2. The number of hydrogen-bond acceptors (Lipinski definition) is 6. The number of carbonyl (C=O) groups excluding carboxylic acids is 1. The van der Waals surface area contributed by atoms with Crippen LogP contribution in [0.2, 0.25) is 0 Å². The molecule has 0 bridgehead atoms. The molecule has 0 saturated heterocycles. The van der Waals surface area contributed by atoms with Crippen molar-refractivity contribution >= 4 is 33.5 Å². The van der Waals surface area contributed by atoms with Crippen LogP contribution in [0.3, 0.4) is 0 Å². The fourth-order valence-electron chi connectivity index (χ4n) is 5.25. The van der Waals surface area contributed by atoms with Crippen LogP contribution in [0.15, 0.2) is 67.4 Å². The number of imidazole rings is 1. The van der Waals surface area contributed by atoms with Crippen molar-refractivity contribution in [3.63, 3.8) is 0 Å². The van der Waals surface area contributed by atoms with E-state index in [9.17, 15) is 9.18 Å².